The second kappa shape index (κ2) is 6.16. The van der Waals surface area contributed by atoms with Crippen LogP contribution < -0.4 is 0 Å². The Morgan fingerprint density at radius 2 is 0.857 bits per heavy atom. The lowest BCUT2D eigenvalue weighted by Crippen LogP contribution is -1.98. The summed E-state index contributed by atoms with van der Waals surface area (Å²) >= 11 is 0. The lowest BCUT2D eigenvalue weighted by molar-refractivity contribution is 0.416. The summed E-state index contributed by atoms with van der Waals surface area (Å²) < 4.78 is 111. The summed E-state index contributed by atoms with van der Waals surface area (Å²) in [7, 11) is -2.07. The zero-order valence-electron chi connectivity index (χ0n) is 13.7. The van der Waals surface area contributed by atoms with Crippen molar-refractivity contribution in [1.82, 2.24) is 0 Å². The molecule has 0 aliphatic carbocycles. The Bertz CT molecular complexity index is 1210. The molecule has 9 heteroatoms. The predicted molar refractivity (Wildman–Crippen MR) is 89.7 cm³/mol. The van der Waals surface area contributed by atoms with Crippen LogP contribution in [0.1, 0.15) is 5.56 Å². The van der Waals surface area contributed by atoms with Crippen molar-refractivity contribution in [2.45, 2.75) is 6.92 Å². The largest absolute Gasteiger partial charge is 0.229 e. The van der Waals surface area contributed by atoms with E-state index in [4.69, 9.17) is 0 Å². The van der Waals surface area contributed by atoms with Gasteiger partial charge < -0.3 is 0 Å². The van der Waals surface area contributed by atoms with E-state index in [9.17, 15) is 35.1 Å². The van der Waals surface area contributed by atoms with Crippen molar-refractivity contribution in [2.75, 3.05) is 0 Å². The number of aryl methyl sites for hydroxylation is 1. The molecule has 0 unspecified atom stereocenters. The van der Waals surface area contributed by atoms with E-state index in [0.717, 1.165) is 5.56 Å². The summed E-state index contributed by atoms with van der Waals surface area (Å²) in [6.07, 6.45) is 0. The van der Waals surface area contributed by atoms with Gasteiger partial charge in [-0.2, -0.15) is 8.78 Å². The van der Waals surface area contributed by atoms with E-state index >= 15 is 0 Å². The van der Waals surface area contributed by atoms with Crippen molar-refractivity contribution < 1.29 is 35.1 Å². The zero-order valence-corrected chi connectivity index (χ0v) is 14.6. The van der Waals surface area contributed by atoms with Gasteiger partial charge in [0.05, 0.1) is 10.8 Å². The number of benzene rings is 3. The van der Waals surface area contributed by atoms with Crippen LogP contribution in [0, 0.1) is 53.5 Å². The van der Waals surface area contributed by atoms with Crippen LogP contribution in [0.3, 0.4) is 0 Å². The van der Waals surface area contributed by atoms with Crippen LogP contribution >= 0.6 is 10.5 Å². The second-order valence-corrected chi connectivity index (χ2v) is 7.94. The Balaban J connectivity index is 2.41. The predicted octanol–water partition coefficient (Wildman–Crippen LogP) is 7.15. The van der Waals surface area contributed by atoms with Gasteiger partial charge in [0.25, 0.3) is 0 Å². The van der Waals surface area contributed by atoms with Crippen LogP contribution in [-0.2, 0) is 0 Å². The van der Waals surface area contributed by atoms with Gasteiger partial charge in [-0.1, -0.05) is 17.7 Å². The van der Waals surface area contributed by atoms with E-state index in [0.29, 0.717) is 0 Å². The van der Waals surface area contributed by atoms with E-state index in [1.54, 1.807) is 6.92 Å². The second-order valence-electron chi connectivity index (χ2n) is 6.04. The molecule has 0 nitrogen and oxygen atoms in total. The third kappa shape index (κ3) is 2.28. The number of rotatable bonds is 1. The molecule has 0 saturated heterocycles. The summed E-state index contributed by atoms with van der Waals surface area (Å²) in [5.74, 6) is -16.7. The zero-order chi connectivity index (χ0) is 20.5. The van der Waals surface area contributed by atoms with Crippen molar-refractivity contribution in [3.05, 3.63) is 76.4 Å². The Morgan fingerprint density at radius 3 is 1.25 bits per heavy atom. The quantitative estimate of drug-likeness (QED) is 0.133. The number of hydrogen-bond donors (Lipinski definition) is 0. The fraction of sp³-hybridized carbons (Fsp3) is 0.0526. The molecule has 0 fully saturated rings. The van der Waals surface area contributed by atoms with Gasteiger partial charge in [0.15, 0.2) is 28.2 Å². The lowest BCUT2D eigenvalue weighted by Gasteiger charge is -1.99. The molecule has 0 aliphatic rings. The first-order valence-corrected chi connectivity index (χ1v) is 8.92. The minimum atomic E-state index is -2.26. The molecule has 3 aromatic carbocycles. The Kier molecular flexibility index (Phi) is 4.11. The molecule has 0 aliphatic heterocycles. The van der Waals surface area contributed by atoms with Gasteiger partial charge in [0.1, 0.15) is 0 Å². The molecule has 0 N–H and O–H groups in total. The summed E-state index contributed by atoms with van der Waals surface area (Å²) in [5.41, 5.74) is 0.723. The molecule has 4 aromatic rings. The highest BCUT2D eigenvalue weighted by atomic mass is 32.2. The highest BCUT2D eigenvalue weighted by Gasteiger charge is 2.40. The van der Waals surface area contributed by atoms with Crippen molar-refractivity contribution in [3.8, 4) is 4.90 Å². The van der Waals surface area contributed by atoms with Crippen LogP contribution in [-0.4, -0.2) is 0 Å². The molecular weight excluding hydrogens is 412 g/mol. The van der Waals surface area contributed by atoms with Crippen LogP contribution in [0.4, 0.5) is 35.1 Å². The smallest absolute Gasteiger partial charge is 0.203 e. The normalized spacial score (nSPS) is 11.8. The van der Waals surface area contributed by atoms with Gasteiger partial charge >= 0.3 is 0 Å². The average Bonchev–Trinajstić information content (AvgIpc) is 3.04. The van der Waals surface area contributed by atoms with Gasteiger partial charge in [-0.05, 0) is 19.1 Å². The highest BCUT2D eigenvalue weighted by molar-refractivity contribution is 7.50. The fourth-order valence-corrected chi connectivity index (χ4v) is 5.48. The van der Waals surface area contributed by atoms with Gasteiger partial charge in [0.2, 0.25) is 32.7 Å². The van der Waals surface area contributed by atoms with Crippen molar-refractivity contribution in [2.24, 2.45) is 0 Å². The third-order valence-corrected chi connectivity index (χ3v) is 6.69. The molecule has 0 atom stereocenters. The molecule has 0 amide bonds. The van der Waals surface area contributed by atoms with E-state index in [1.807, 2.05) is 0 Å². The maximum Gasteiger partial charge on any atom is 0.229 e. The highest BCUT2D eigenvalue weighted by Crippen LogP contribution is 2.53. The minimum absolute atomic E-state index is 0.0548. The Morgan fingerprint density at radius 1 is 0.500 bits per heavy atom. The summed E-state index contributed by atoms with van der Waals surface area (Å²) in [4.78, 5) is 0.0548. The SMILES string of the molecule is Cc1ccc(-[s+]2c3c(F)c(F)c(F)c(F)c3c3c(F)c(F)c(F)c(F)c32)cc1. The maximum atomic E-state index is 14.6. The fourth-order valence-electron chi connectivity index (χ4n) is 3.07. The summed E-state index contributed by atoms with van der Waals surface area (Å²) in [6.45, 7) is 1.69. The molecule has 0 radical (unpaired) electrons. The molecule has 0 spiro atoms. The van der Waals surface area contributed by atoms with Gasteiger partial charge in [0, 0.05) is 10.5 Å². The molecule has 4 rings (SSSR count). The molecule has 1 heterocycles. The molecule has 0 saturated carbocycles. The number of hydrogen-bond acceptors (Lipinski definition) is 0. The van der Waals surface area contributed by atoms with E-state index < -0.39 is 77.2 Å². The lowest BCUT2D eigenvalue weighted by atomic mass is 10.1. The number of thiophene rings is 1. The van der Waals surface area contributed by atoms with E-state index in [1.165, 1.54) is 24.3 Å². The first-order valence-electron chi connectivity index (χ1n) is 7.70. The number of fused-ring (bicyclic) bond motifs is 3. The van der Waals surface area contributed by atoms with Crippen molar-refractivity contribution in [3.63, 3.8) is 0 Å². The van der Waals surface area contributed by atoms with Crippen LogP contribution in [0.15, 0.2) is 24.3 Å². The van der Waals surface area contributed by atoms with Crippen LogP contribution in [0.5, 0.6) is 0 Å². The van der Waals surface area contributed by atoms with Gasteiger partial charge in [-0.15, -0.1) is 0 Å². The van der Waals surface area contributed by atoms with Crippen molar-refractivity contribution in [1.29, 1.82) is 0 Å². The maximum absolute atomic E-state index is 14.6. The summed E-state index contributed by atoms with van der Waals surface area (Å²) in [5, 5.41) is -2.32. The molecule has 1 aromatic heterocycles. The number of halogens is 8. The Hall–Kier alpha value is -2.68. The van der Waals surface area contributed by atoms with E-state index in [2.05, 4.69) is 0 Å². The first kappa shape index (κ1) is 18.7. The van der Waals surface area contributed by atoms with Crippen LogP contribution in [0.25, 0.3) is 25.1 Å². The van der Waals surface area contributed by atoms with Crippen molar-refractivity contribution >= 4 is 30.6 Å². The standard InChI is InChI=1S/C19H7F8S/c1-6-2-4-7(5-3-6)28-18-8(10(20)12(22)14(24)16(18)26)9-11(21)13(23)15(25)17(27)19(9)28/h2-5H,1H3/q+1. The van der Waals surface area contributed by atoms with Crippen LogP contribution in [0.2, 0.25) is 0 Å². The third-order valence-electron chi connectivity index (χ3n) is 4.36. The Labute approximate surface area is 154 Å². The summed E-state index contributed by atoms with van der Waals surface area (Å²) in [6, 6.07) is 5.69. The topological polar surface area (TPSA) is 0 Å². The average molecular weight is 419 g/mol. The first-order chi connectivity index (χ1) is 13.2. The minimum Gasteiger partial charge on any atom is -0.203 e. The van der Waals surface area contributed by atoms with Gasteiger partial charge in [-0.3, -0.25) is 0 Å². The molecule has 144 valence electrons. The van der Waals surface area contributed by atoms with Gasteiger partial charge in [-0.25, -0.2) is 26.3 Å². The molecule has 0 bridgehead atoms. The molecule has 28 heavy (non-hydrogen) atoms. The molecular formula is C19H7F8S+. The monoisotopic (exact) mass is 419 g/mol. The van der Waals surface area contributed by atoms with E-state index in [-0.39, 0.29) is 4.90 Å².